The van der Waals surface area contributed by atoms with E-state index in [0.717, 1.165) is 4.88 Å². The van der Waals surface area contributed by atoms with Gasteiger partial charge in [0, 0.05) is 10.6 Å². The Morgan fingerprint density at radius 1 is 1.28 bits per heavy atom. The number of esters is 1. The zero-order valence-electron chi connectivity index (χ0n) is 14.2. The average Bonchev–Trinajstić information content (AvgIpc) is 3.27. The molecule has 0 spiro atoms. The third-order valence-corrected chi connectivity index (χ3v) is 5.57. The smallest absolute Gasteiger partial charge is 0.307 e. The van der Waals surface area contributed by atoms with Gasteiger partial charge in [-0.15, -0.1) is 23.1 Å². The molecule has 0 unspecified atom stereocenters. The van der Waals surface area contributed by atoms with Crippen molar-refractivity contribution in [3.05, 3.63) is 58.8 Å². The molecule has 3 rings (SSSR count). The van der Waals surface area contributed by atoms with Crippen LogP contribution in [0.25, 0.3) is 10.8 Å². The number of rotatable bonds is 7. The van der Waals surface area contributed by atoms with E-state index in [4.69, 9.17) is 9.15 Å². The first kappa shape index (κ1) is 17.8. The van der Waals surface area contributed by atoms with E-state index in [-0.39, 0.29) is 12.6 Å². The molecule has 0 aliphatic heterocycles. The van der Waals surface area contributed by atoms with E-state index in [2.05, 4.69) is 37.0 Å². The molecule has 25 heavy (non-hydrogen) atoms. The number of carbonyl (C=O) groups is 1. The number of thioether (sulfide) groups is 1. The second-order valence-electron chi connectivity index (χ2n) is 5.63. The Balaban J connectivity index is 1.41. The van der Waals surface area contributed by atoms with Crippen molar-refractivity contribution in [3.63, 3.8) is 0 Å². The molecule has 0 bridgehead atoms. The number of benzene rings is 1. The predicted molar refractivity (Wildman–Crippen MR) is 101 cm³/mol. The molecule has 0 atom stereocenters. The van der Waals surface area contributed by atoms with Gasteiger partial charge >= 0.3 is 5.97 Å². The fraction of sp³-hybridized carbons (Fsp3) is 0.263. The second kappa shape index (κ2) is 8.36. The minimum absolute atomic E-state index is 0.141. The Morgan fingerprint density at radius 3 is 2.92 bits per heavy atom. The molecule has 4 nitrogen and oxygen atoms in total. The zero-order chi connectivity index (χ0) is 17.6. The maximum Gasteiger partial charge on any atom is 0.307 e. The lowest BCUT2D eigenvalue weighted by Crippen LogP contribution is -2.05. The molecule has 0 N–H and O–H groups in total. The predicted octanol–water partition coefficient (Wildman–Crippen LogP) is 5.25. The van der Waals surface area contributed by atoms with E-state index in [0.29, 0.717) is 23.8 Å². The summed E-state index contributed by atoms with van der Waals surface area (Å²) < 4.78 is 10.7. The highest BCUT2D eigenvalue weighted by Crippen LogP contribution is 2.24. The first-order chi connectivity index (χ1) is 12.1. The highest BCUT2D eigenvalue weighted by atomic mass is 32.2. The first-order valence-corrected chi connectivity index (χ1v) is 9.82. The third-order valence-electron chi connectivity index (χ3n) is 3.72. The van der Waals surface area contributed by atoms with Gasteiger partial charge in [0.2, 0.25) is 5.89 Å². The van der Waals surface area contributed by atoms with E-state index >= 15 is 0 Å². The Hall–Kier alpha value is -2.05. The topological polar surface area (TPSA) is 52.3 Å². The second-order valence-corrected chi connectivity index (χ2v) is 7.74. The molecular weight excluding hydrogens is 354 g/mol. The number of nitrogens with zero attached hydrogens (tertiary/aromatic N) is 1. The lowest BCUT2D eigenvalue weighted by molar-refractivity contribution is -0.144. The van der Waals surface area contributed by atoms with Crippen LogP contribution in [0.2, 0.25) is 0 Å². The third kappa shape index (κ3) is 4.96. The monoisotopic (exact) mass is 373 g/mol. The lowest BCUT2D eigenvalue weighted by atomic mass is 10.1. The van der Waals surface area contributed by atoms with Gasteiger partial charge in [-0.2, -0.15) is 0 Å². The molecule has 2 heterocycles. The van der Waals surface area contributed by atoms with Gasteiger partial charge in [0.05, 0.1) is 11.3 Å². The van der Waals surface area contributed by atoms with E-state index in [1.54, 1.807) is 23.1 Å². The van der Waals surface area contributed by atoms with Gasteiger partial charge in [0.25, 0.3) is 0 Å². The van der Waals surface area contributed by atoms with Gasteiger partial charge in [-0.05, 0) is 48.6 Å². The summed E-state index contributed by atoms with van der Waals surface area (Å²) in [6, 6.07) is 10.2. The van der Waals surface area contributed by atoms with Gasteiger partial charge in [-0.3, -0.25) is 4.79 Å². The highest BCUT2D eigenvalue weighted by Gasteiger charge is 2.10. The standard InChI is InChI=1S/C19H19NO3S2/c1-13-5-6-16(10-14(13)2)24-9-7-18(21)22-11-15-12-23-19(20-15)17-4-3-8-25-17/h3-6,8,10,12H,7,9,11H2,1-2H3. The van der Waals surface area contributed by atoms with Crippen LogP contribution in [0.1, 0.15) is 23.2 Å². The quantitative estimate of drug-likeness (QED) is 0.418. The number of ether oxygens (including phenoxy) is 1. The largest absolute Gasteiger partial charge is 0.459 e. The molecule has 1 aromatic carbocycles. The number of oxazole rings is 1. The van der Waals surface area contributed by atoms with Crippen LogP contribution in [0.5, 0.6) is 0 Å². The maximum atomic E-state index is 11.9. The van der Waals surface area contributed by atoms with Crippen molar-refractivity contribution in [2.75, 3.05) is 5.75 Å². The molecule has 0 aliphatic rings. The van der Waals surface area contributed by atoms with Crippen LogP contribution in [0.15, 0.2) is 51.3 Å². The molecule has 0 aliphatic carbocycles. The van der Waals surface area contributed by atoms with Crippen molar-refractivity contribution in [1.29, 1.82) is 0 Å². The van der Waals surface area contributed by atoms with Gasteiger partial charge < -0.3 is 9.15 Å². The molecule has 0 amide bonds. The summed E-state index contributed by atoms with van der Waals surface area (Å²) in [4.78, 5) is 18.3. The Morgan fingerprint density at radius 2 is 2.16 bits per heavy atom. The molecule has 0 fully saturated rings. The van der Waals surface area contributed by atoms with Gasteiger partial charge in [-0.25, -0.2) is 4.98 Å². The Labute approximate surface area is 155 Å². The summed E-state index contributed by atoms with van der Waals surface area (Å²) in [5.41, 5.74) is 3.16. The average molecular weight is 373 g/mol. The Kier molecular flexibility index (Phi) is 5.94. The van der Waals surface area contributed by atoms with E-state index in [1.165, 1.54) is 22.3 Å². The number of aromatic nitrogens is 1. The van der Waals surface area contributed by atoms with Crippen molar-refractivity contribution < 1.29 is 13.9 Å². The molecular formula is C19H19NO3S2. The normalized spacial score (nSPS) is 10.8. The van der Waals surface area contributed by atoms with E-state index in [9.17, 15) is 4.79 Å². The van der Waals surface area contributed by atoms with Crippen LogP contribution in [-0.4, -0.2) is 16.7 Å². The van der Waals surface area contributed by atoms with Crippen LogP contribution < -0.4 is 0 Å². The summed E-state index contributed by atoms with van der Waals surface area (Å²) in [6.45, 7) is 4.33. The van der Waals surface area contributed by atoms with E-state index < -0.39 is 0 Å². The number of hydrogen-bond donors (Lipinski definition) is 0. The van der Waals surface area contributed by atoms with Crippen LogP contribution >= 0.6 is 23.1 Å². The van der Waals surface area contributed by atoms with Gasteiger partial charge in [0.1, 0.15) is 18.6 Å². The number of aryl methyl sites for hydroxylation is 2. The van der Waals surface area contributed by atoms with Crippen LogP contribution in [0, 0.1) is 13.8 Å². The van der Waals surface area contributed by atoms with Crippen LogP contribution in [0.4, 0.5) is 0 Å². The summed E-state index contributed by atoms with van der Waals surface area (Å²) >= 11 is 3.22. The minimum Gasteiger partial charge on any atom is -0.459 e. The molecule has 2 aromatic heterocycles. The van der Waals surface area contributed by atoms with Crippen molar-refractivity contribution in [1.82, 2.24) is 4.98 Å². The molecule has 0 saturated carbocycles. The van der Waals surface area contributed by atoms with Crippen molar-refractivity contribution >= 4 is 29.1 Å². The number of carbonyl (C=O) groups excluding carboxylic acids is 1. The van der Waals surface area contributed by atoms with Gasteiger partial charge in [0.15, 0.2) is 0 Å². The van der Waals surface area contributed by atoms with Crippen molar-refractivity contribution in [2.24, 2.45) is 0 Å². The van der Waals surface area contributed by atoms with Crippen LogP contribution in [-0.2, 0) is 16.1 Å². The zero-order valence-corrected chi connectivity index (χ0v) is 15.8. The number of thiophene rings is 1. The molecule has 130 valence electrons. The summed E-state index contributed by atoms with van der Waals surface area (Å²) in [5.74, 6) is 1.03. The SMILES string of the molecule is Cc1ccc(SCCC(=O)OCc2coc(-c3cccs3)n2)cc1C. The van der Waals surface area contributed by atoms with E-state index in [1.807, 2.05) is 17.5 Å². The lowest BCUT2D eigenvalue weighted by Gasteiger charge is -2.05. The number of hydrogen-bond acceptors (Lipinski definition) is 6. The fourth-order valence-electron chi connectivity index (χ4n) is 2.17. The van der Waals surface area contributed by atoms with Gasteiger partial charge in [-0.1, -0.05) is 12.1 Å². The minimum atomic E-state index is -0.225. The fourth-order valence-corrected chi connectivity index (χ4v) is 3.75. The molecule has 0 saturated heterocycles. The molecule has 6 heteroatoms. The molecule has 0 radical (unpaired) electrons. The molecule has 3 aromatic rings. The van der Waals surface area contributed by atoms with Crippen molar-refractivity contribution in [2.45, 2.75) is 31.8 Å². The maximum absolute atomic E-state index is 11.9. The van der Waals surface area contributed by atoms with Crippen molar-refractivity contribution in [3.8, 4) is 10.8 Å². The summed E-state index contributed by atoms with van der Waals surface area (Å²) in [7, 11) is 0. The summed E-state index contributed by atoms with van der Waals surface area (Å²) in [6.07, 6.45) is 1.90. The highest BCUT2D eigenvalue weighted by molar-refractivity contribution is 7.99. The first-order valence-electron chi connectivity index (χ1n) is 7.96. The summed E-state index contributed by atoms with van der Waals surface area (Å²) in [5, 5.41) is 1.96. The van der Waals surface area contributed by atoms with Crippen LogP contribution in [0.3, 0.4) is 0 Å². The Bertz CT molecular complexity index is 840.